The fourth-order valence-electron chi connectivity index (χ4n) is 7.35. The molecule has 2 atom stereocenters. The summed E-state index contributed by atoms with van der Waals surface area (Å²) in [6.07, 6.45) is 6.15. The minimum Gasteiger partial charge on any atom is -0.338 e. The number of hydrogen-bond donors (Lipinski definition) is 0. The van der Waals surface area contributed by atoms with Crippen LogP contribution in [0.4, 0.5) is 0 Å². The average molecular weight is 538 g/mol. The number of aromatic nitrogens is 2. The van der Waals surface area contributed by atoms with Crippen LogP contribution in [0.1, 0.15) is 59.4 Å². The molecule has 1 aromatic heterocycles. The number of fused-ring (bicyclic) bond motifs is 1. The van der Waals surface area contributed by atoms with E-state index in [0.717, 1.165) is 76.2 Å². The van der Waals surface area contributed by atoms with Gasteiger partial charge in [0.1, 0.15) is 6.33 Å². The summed E-state index contributed by atoms with van der Waals surface area (Å²) >= 11 is 0. The molecule has 4 fully saturated rings. The van der Waals surface area contributed by atoms with E-state index in [1.54, 1.807) is 4.31 Å². The molecule has 1 aliphatic carbocycles. The Morgan fingerprint density at radius 2 is 1.55 bits per heavy atom. The van der Waals surface area contributed by atoms with E-state index in [-0.39, 0.29) is 16.6 Å². The van der Waals surface area contributed by atoms with Crippen LogP contribution in [0.2, 0.25) is 0 Å². The molecular weight excluding hydrogens is 498 g/mol. The zero-order valence-corrected chi connectivity index (χ0v) is 23.4. The lowest BCUT2D eigenvalue weighted by Crippen LogP contribution is -2.63. The van der Waals surface area contributed by atoms with Gasteiger partial charge in [-0.15, -0.1) is 0 Å². The molecule has 0 N–H and O–H groups in total. The maximum absolute atomic E-state index is 13.2. The Morgan fingerprint density at radius 3 is 2.16 bits per heavy atom. The Balaban J connectivity index is 1.08. The molecule has 4 heterocycles. The van der Waals surface area contributed by atoms with Crippen molar-refractivity contribution in [1.29, 1.82) is 0 Å². The van der Waals surface area contributed by atoms with Crippen molar-refractivity contribution in [2.45, 2.75) is 56.6 Å². The smallest absolute Gasteiger partial charge is 0.257 e. The Bertz CT molecular complexity index is 1250. The number of likely N-dealkylation sites (tertiary alicyclic amines) is 2. The normalized spacial score (nSPS) is 26.0. The van der Waals surface area contributed by atoms with Crippen molar-refractivity contribution >= 4 is 15.9 Å². The molecule has 6 rings (SSSR count). The Labute approximate surface area is 226 Å². The molecule has 1 aromatic carbocycles. The second kappa shape index (κ2) is 9.99. The molecule has 1 amide bonds. The summed E-state index contributed by atoms with van der Waals surface area (Å²) in [5, 5.41) is -0.185. The fraction of sp³-hybridized carbons (Fsp3) is 0.621. The largest absolute Gasteiger partial charge is 0.338 e. The molecule has 1 saturated carbocycles. The topological polar surface area (TPSA) is 86.7 Å². The minimum atomic E-state index is -3.20. The predicted molar refractivity (Wildman–Crippen MR) is 146 cm³/mol. The first-order chi connectivity index (χ1) is 18.3. The Hall–Kier alpha value is -2.36. The van der Waals surface area contributed by atoms with Gasteiger partial charge in [-0.2, -0.15) is 4.31 Å². The highest BCUT2D eigenvalue weighted by atomic mass is 32.2. The highest BCUT2D eigenvalue weighted by Crippen LogP contribution is 2.42. The summed E-state index contributed by atoms with van der Waals surface area (Å²) in [5.74, 6) is 1.03. The molecule has 0 unspecified atom stereocenters. The molecule has 9 heteroatoms. The van der Waals surface area contributed by atoms with Gasteiger partial charge in [0.25, 0.3) is 5.91 Å². The van der Waals surface area contributed by atoms with Crippen LogP contribution in [-0.4, -0.2) is 89.5 Å². The first-order valence-corrected chi connectivity index (χ1v) is 15.6. The van der Waals surface area contributed by atoms with E-state index in [1.807, 2.05) is 24.8 Å². The third-order valence-corrected chi connectivity index (χ3v) is 11.9. The van der Waals surface area contributed by atoms with E-state index in [9.17, 15) is 13.2 Å². The lowest BCUT2D eigenvalue weighted by molar-refractivity contribution is 0.0767. The molecule has 8 nitrogen and oxygen atoms in total. The van der Waals surface area contributed by atoms with Crippen molar-refractivity contribution < 1.29 is 13.2 Å². The number of carbonyl (C=O) groups excluding carboxylic acids is 1. The number of carbonyl (C=O) groups is 1. The van der Waals surface area contributed by atoms with Gasteiger partial charge in [0, 0.05) is 44.7 Å². The van der Waals surface area contributed by atoms with Crippen molar-refractivity contribution in [2.75, 3.05) is 45.8 Å². The zero-order valence-electron chi connectivity index (χ0n) is 22.6. The molecule has 0 radical (unpaired) electrons. The standard InChI is InChI=1S/C29H39N5O3S/c1-21-27(22(2)31-20-30-21)28(35)33-16-23-14-32(15-24(23)17-33)13-12-29(25-8-4-3-5-9-25)18-34(19-29)38(36,37)26-10-6-7-11-26/h3-5,8-9,20,23-24,26H,6-7,10-19H2,1-2H3/t23-,24+. The summed E-state index contributed by atoms with van der Waals surface area (Å²) < 4.78 is 28.2. The van der Waals surface area contributed by atoms with Crippen molar-refractivity contribution in [1.82, 2.24) is 24.1 Å². The second-order valence-corrected chi connectivity index (χ2v) is 14.2. The number of nitrogens with zero attached hydrogens (tertiary/aromatic N) is 5. The number of benzene rings is 1. The molecule has 0 bridgehead atoms. The first-order valence-electron chi connectivity index (χ1n) is 14.1. The van der Waals surface area contributed by atoms with Crippen LogP contribution >= 0.6 is 0 Å². The predicted octanol–water partition coefficient (Wildman–Crippen LogP) is 3.01. The van der Waals surface area contributed by atoms with E-state index < -0.39 is 10.0 Å². The maximum atomic E-state index is 13.2. The van der Waals surface area contributed by atoms with Crippen molar-refractivity contribution in [2.24, 2.45) is 11.8 Å². The molecule has 2 aromatic rings. The number of hydrogen-bond acceptors (Lipinski definition) is 6. The van der Waals surface area contributed by atoms with Crippen molar-refractivity contribution in [3.63, 3.8) is 0 Å². The van der Waals surface area contributed by atoms with Crippen LogP contribution < -0.4 is 0 Å². The van der Waals surface area contributed by atoms with Gasteiger partial charge in [-0.25, -0.2) is 18.4 Å². The SMILES string of the molecule is Cc1ncnc(C)c1C(=O)N1C[C@H]2CN(CCC3(c4ccccc4)CN(S(=O)(=O)C4CCCC4)C3)C[C@H]2C1. The average Bonchev–Trinajstić information content (AvgIpc) is 3.61. The summed E-state index contributed by atoms with van der Waals surface area (Å²) in [6.45, 7) is 9.45. The molecule has 3 saturated heterocycles. The van der Waals surface area contributed by atoms with Gasteiger partial charge in [0.15, 0.2) is 0 Å². The zero-order chi connectivity index (χ0) is 26.5. The molecular formula is C29H39N5O3S. The number of sulfonamides is 1. The van der Waals surface area contributed by atoms with Crippen molar-refractivity contribution in [3.8, 4) is 0 Å². The van der Waals surface area contributed by atoms with E-state index in [1.165, 1.54) is 11.9 Å². The van der Waals surface area contributed by atoms with E-state index in [0.29, 0.717) is 30.5 Å². The van der Waals surface area contributed by atoms with Gasteiger partial charge < -0.3 is 9.80 Å². The van der Waals surface area contributed by atoms with Gasteiger partial charge >= 0.3 is 0 Å². The maximum Gasteiger partial charge on any atom is 0.257 e. The number of aryl methyl sites for hydroxylation is 2. The third kappa shape index (κ3) is 4.56. The van der Waals surface area contributed by atoms with Crippen LogP contribution in [-0.2, 0) is 15.4 Å². The van der Waals surface area contributed by atoms with E-state index in [2.05, 4.69) is 39.1 Å². The first kappa shape index (κ1) is 25.9. The Kier molecular flexibility index (Phi) is 6.81. The van der Waals surface area contributed by atoms with Gasteiger partial charge in [-0.3, -0.25) is 4.79 Å². The quantitative estimate of drug-likeness (QED) is 0.540. The van der Waals surface area contributed by atoms with E-state index in [4.69, 9.17) is 0 Å². The minimum absolute atomic E-state index is 0.0580. The van der Waals surface area contributed by atoms with Gasteiger partial charge in [-0.05, 0) is 57.1 Å². The highest BCUT2D eigenvalue weighted by molar-refractivity contribution is 7.89. The summed E-state index contributed by atoms with van der Waals surface area (Å²) in [5.41, 5.74) is 3.28. The van der Waals surface area contributed by atoms with Crippen LogP contribution in [0, 0.1) is 25.7 Å². The Morgan fingerprint density at radius 1 is 0.947 bits per heavy atom. The van der Waals surface area contributed by atoms with E-state index >= 15 is 0 Å². The number of amides is 1. The van der Waals surface area contributed by atoms with Crippen LogP contribution in [0.25, 0.3) is 0 Å². The summed E-state index contributed by atoms with van der Waals surface area (Å²) in [7, 11) is -3.20. The number of rotatable bonds is 7. The monoisotopic (exact) mass is 537 g/mol. The molecule has 3 aliphatic heterocycles. The van der Waals surface area contributed by atoms with Crippen LogP contribution in [0.3, 0.4) is 0 Å². The summed E-state index contributed by atoms with van der Waals surface area (Å²) in [6, 6.07) is 10.5. The van der Waals surface area contributed by atoms with Crippen LogP contribution in [0.5, 0.6) is 0 Å². The molecule has 38 heavy (non-hydrogen) atoms. The molecule has 204 valence electrons. The summed E-state index contributed by atoms with van der Waals surface area (Å²) in [4.78, 5) is 26.3. The van der Waals surface area contributed by atoms with Gasteiger partial charge in [-0.1, -0.05) is 43.2 Å². The third-order valence-electron chi connectivity index (χ3n) is 9.62. The lowest BCUT2D eigenvalue weighted by Gasteiger charge is -2.51. The van der Waals surface area contributed by atoms with Crippen LogP contribution in [0.15, 0.2) is 36.7 Å². The fourth-order valence-corrected chi connectivity index (χ4v) is 9.56. The second-order valence-electron chi connectivity index (χ2n) is 12.0. The molecule has 0 spiro atoms. The van der Waals surface area contributed by atoms with Gasteiger partial charge in [0.05, 0.1) is 22.2 Å². The highest BCUT2D eigenvalue weighted by Gasteiger charge is 2.51. The van der Waals surface area contributed by atoms with Crippen molar-refractivity contribution in [3.05, 3.63) is 59.2 Å². The lowest BCUT2D eigenvalue weighted by atomic mass is 9.72. The van der Waals surface area contributed by atoms with Gasteiger partial charge in [0.2, 0.25) is 10.0 Å². The molecule has 4 aliphatic rings.